The molecule has 1 atom stereocenters. The van der Waals surface area contributed by atoms with E-state index < -0.39 is 0 Å². The molecular formula is C15H16N6O. The lowest BCUT2D eigenvalue weighted by Gasteiger charge is -2.14. The summed E-state index contributed by atoms with van der Waals surface area (Å²) in [7, 11) is 0. The first-order valence-corrected chi connectivity index (χ1v) is 6.66. The molecule has 1 aromatic heterocycles. The van der Waals surface area contributed by atoms with Gasteiger partial charge < -0.3 is 10.5 Å². The van der Waals surface area contributed by atoms with E-state index in [4.69, 9.17) is 10.5 Å². The molecule has 3 N–H and O–H groups in total. The number of aromatic amines is 1. The number of H-pyrrole nitrogens is 1. The summed E-state index contributed by atoms with van der Waals surface area (Å²) < 4.78 is 5.81. The van der Waals surface area contributed by atoms with Gasteiger partial charge in [0.15, 0.2) is 0 Å². The van der Waals surface area contributed by atoms with Gasteiger partial charge in [-0.1, -0.05) is 6.07 Å². The van der Waals surface area contributed by atoms with Crippen LogP contribution < -0.4 is 10.5 Å². The lowest BCUT2D eigenvalue weighted by Crippen LogP contribution is -2.16. The second kappa shape index (κ2) is 7.59. The Labute approximate surface area is 128 Å². The Hall–Kier alpha value is -3.14. The van der Waals surface area contributed by atoms with Crippen molar-refractivity contribution in [2.24, 2.45) is 15.7 Å². The summed E-state index contributed by atoms with van der Waals surface area (Å²) in [5.41, 5.74) is 7.44. The van der Waals surface area contributed by atoms with Gasteiger partial charge in [-0.05, 0) is 24.6 Å². The normalized spacial score (nSPS) is 12.5. The predicted octanol–water partition coefficient (Wildman–Crippen LogP) is 1.73. The smallest absolute Gasteiger partial charge is 0.138 e. The van der Waals surface area contributed by atoms with Crippen molar-refractivity contribution in [3.63, 3.8) is 0 Å². The summed E-state index contributed by atoms with van der Waals surface area (Å²) in [6, 6.07) is 7.53. The second-order valence-electron chi connectivity index (χ2n) is 4.52. The van der Waals surface area contributed by atoms with Crippen molar-refractivity contribution in [3.8, 4) is 22.9 Å². The summed E-state index contributed by atoms with van der Waals surface area (Å²) in [4.78, 5) is 7.73. The zero-order chi connectivity index (χ0) is 15.8. The summed E-state index contributed by atoms with van der Waals surface area (Å²) in [5.74, 6) is 0.520. The molecule has 7 nitrogen and oxygen atoms in total. The van der Waals surface area contributed by atoms with Crippen molar-refractivity contribution in [1.29, 1.82) is 5.26 Å². The summed E-state index contributed by atoms with van der Waals surface area (Å²) in [6.45, 7) is 2.29. The van der Waals surface area contributed by atoms with Gasteiger partial charge in [-0.15, -0.1) is 0 Å². The molecule has 2 rings (SSSR count). The topological polar surface area (TPSA) is 112 Å². The van der Waals surface area contributed by atoms with Crippen LogP contribution in [-0.2, 0) is 0 Å². The first-order valence-electron chi connectivity index (χ1n) is 6.66. The number of nitriles is 1. The van der Waals surface area contributed by atoms with E-state index in [9.17, 15) is 5.26 Å². The molecule has 0 saturated heterocycles. The summed E-state index contributed by atoms with van der Waals surface area (Å²) in [5, 5.41) is 15.9. The zero-order valence-electron chi connectivity index (χ0n) is 12.1. The molecule has 0 unspecified atom stereocenters. The lowest BCUT2D eigenvalue weighted by molar-refractivity contribution is 0.230. The maximum Gasteiger partial charge on any atom is 0.138 e. The van der Waals surface area contributed by atoms with Crippen LogP contribution in [0.1, 0.15) is 12.5 Å². The fourth-order valence-electron chi connectivity index (χ4n) is 1.84. The largest absolute Gasteiger partial charge is 0.487 e. The van der Waals surface area contributed by atoms with Gasteiger partial charge in [0, 0.05) is 11.8 Å². The standard InChI is InChI=1S/C15H16N6O/c1-11(6-18-10-19-9-17)22-15-4-12(2-3-13(15)5-16)14-7-20-21-8-14/h2-4,7-11H,6H2,1H3,(H,20,21)(H2,17,18,19)/t11-/m0/s1. The Morgan fingerprint density at radius 1 is 1.50 bits per heavy atom. The Morgan fingerprint density at radius 2 is 2.36 bits per heavy atom. The fourth-order valence-corrected chi connectivity index (χ4v) is 1.84. The Balaban J connectivity index is 2.15. The number of nitrogens with zero attached hydrogens (tertiary/aromatic N) is 4. The number of aliphatic imine (C=N–C) groups is 2. The van der Waals surface area contributed by atoms with Crippen molar-refractivity contribution < 1.29 is 4.74 Å². The van der Waals surface area contributed by atoms with Crippen molar-refractivity contribution in [3.05, 3.63) is 36.2 Å². The van der Waals surface area contributed by atoms with Gasteiger partial charge >= 0.3 is 0 Å². The van der Waals surface area contributed by atoms with Crippen molar-refractivity contribution >= 4 is 12.7 Å². The molecule has 0 saturated carbocycles. The Morgan fingerprint density at radius 3 is 3.05 bits per heavy atom. The van der Waals surface area contributed by atoms with Crippen LogP contribution >= 0.6 is 0 Å². The molecule has 0 aliphatic carbocycles. The average molecular weight is 296 g/mol. The molecule has 1 heterocycles. The number of aromatic nitrogens is 2. The zero-order valence-corrected chi connectivity index (χ0v) is 12.1. The second-order valence-corrected chi connectivity index (χ2v) is 4.52. The number of hydrogen-bond acceptors (Lipinski definition) is 4. The molecule has 0 fully saturated rings. The maximum absolute atomic E-state index is 9.19. The van der Waals surface area contributed by atoms with Crippen LogP contribution in [0.5, 0.6) is 5.75 Å². The van der Waals surface area contributed by atoms with Crippen LogP contribution in [0.2, 0.25) is 0 Å². The van der Waals surface area contributed by atoms with E-state index in [1.54, 1.807) is 18.5 Å². The Bertz CT molecular complexity index is 699. The molecular weight excluding hydrogens is 280 g/mol. The highest BCUT2D eigenvalue weighted by Gasteiger charge is 2.10. The number of hydrogen-bond donors (Lipinski definition) is 2. The van der Waals surface area contributed by atoms with Gasteiger partial charge in [0.1, 0.15) is 24.3 Å². The number of benzene rings is 1. The van der Waals surface area contributed by atoms with E-state index in [0.717, 1.165) is 17.5 Å². The molecule has 112 valence electrons. The van der Waals surface area contributed by atoms with Crippen molar-refractivity contribution in [2.75, 3.05) is 6.54 Å². The van der Waals surface area contributed by atoms with Crippen LogP contribution in [0.3, 0.4) is 0 Å². The van der Waals surface area contributed by atoms with E-state index in [0.29, 0.717) is 17.9 Å². The fraction of sp³-hybridized carbons (Fsp3) is 0.200. The van der Waals surface area contributed by atoms with Gasteiger partial charge in [0.25, 0.3) is 0 Å². The molecule has 1 aromatic carbocycles. The predicted molar refractivity (Wildman–Crippen MR) is 84.9 cm³/mol. The maximum atomic E-state index is 9.19. The van der Waals surface area contributed by atoms with E-state index in [2.05, 4.69) is 26.3 Å². The SMILES string of the molecule is C[C@@H](CN=CN=CN)Oc1cc(-c2cn[nH]c2)ccc1C#N. The third kappa shape index (κ3) is 3.93. The molecule has 7 heteroatoms. The van der Waals surface area contributed by atoms with Crippen LogP contribution in [0, 0.1) is 11.3 Å². The van der Waals surface area contributed by atoms with Crippen LogP contribution in [0.4, 0.5) is 0 Å². The van der Waals surface area contributed by atoms with Crippen molar-refractivity contribution in [1.82, 2.24) is 10.2 Å². The van der Waals surface area contributed by atoms with Crippen molar-refractivity contribution in [2.45, 2.75) is 13.0 Å². The summed E-state index contributed by atoms with van der Waals surface area (Å²) in [6.07, 6.45) is 5.83. The van der Waals surface area contributed by atoms with E-state index in [1.807, 2.05) is 19.1 Å². The van der Waals surface area contributed by atoms with E-state index >= 15 is 0 Å². The summed E-state index contributed by atoms with van der Waals surface area (Å²) >= 11 is 0. The lowest BCUT2D eigenvalue weighted by atomic mass is 10.1. The quantitative estimate of drug-likeness (QED) is 0.624. The molecule has 0 bridgehead atoms. The van der Waals surface area contributed by atoms with Gasteiger partial charge in [-0.25, -0.2) is 4.99 Å². The first-order chi connectivity index (χ1) is 10.7. The highest BCUT2D eigenvalue weighted by Crippen LogP contribution is 2.27. The van der Waals surface area contributed by atoms with Gasteiger partial charge in [-0.3, -0.25) is 10.1 Å². The van der Waals surface area contributed by atoms with E-state index in [-0.39, 0.29) is 6.10 Å². The van der Waals surface area contributed by atoms with Gasteiger partial charge in [0.2, 0.25) is 0 Å². The van der Waals surface area contributed by atoms with Gasteiger partial charge in [0.05, 0.1) is 24.6 Å². The van der Waals surface area contributed by atoms with Crippen LogP contribution in [0.25, 0.3) is 11.1 Å². The molecule has 22 heavy (non-hydrogen) atoms. The number of nitrogens with two attached hydrogens (primary N) is 1. The van der Waals surface area contributed by atoms with Crippen LogP contribution in [-0.4, -0.2) is 35.5 Å². The minimum absolute atomic E-state index is 0.198. The Kier molecular flexibility index (Phi) is 5.26. The van der Waals surface area contributed by atoms with Crippen LogP contribution in [0.15, 0.2) is 40.6 Å². The molecule has 0 aliphatic heterocycles. The number of rotatable bonds is 6. The molecule has 0 aliphatic rings. The van der Waals surface area contributed by atoms with Gasteiger partial charge in [-0.2, -0.15) is 10.4 Å². The molecule has 0 spiro atoms. The molecule has 0 radical (unpaired) electrons. The molecule has 2 aromatic rings. The number of nitrogens with one attached hydrogen (secondary N) is 1. The minimum Gasteiger partial charge on any atom is -0.487 e. The average Bonchev–Trinajstić information content (AvgIpc) is 3.06. The highest BCUT2D eigenvalue weighted by molar-refractivity contribution is 5.69. The minimum atomic E-state index is -0.198. The number of ether oxygens (including phenoxy) is 1. The third-order valence-corrected chi connectivity index (χ3v) is 2.86. The highest BCUT2D eigenvalue weighted by atomic mass is 16.5. The van der Waals surface area contributed by atoms with E-state index in [1.165, 1.54) is 6.34 Å². The monoisotopic (exact) mass is 296 g/mol. The molecule has 0 amide bonds. The third-order valence-electron chi connectivity index (χ3n) is 2.86. The first kappa shape index (κ1) is 15.3.